The lowest BCUT2D eigenvalue weighted by molar-refractivity contribution is 0.608. The quantitative estimate of drug-likeness (QED) is 0.902. The molecule has 0 amide bonds. The van der Waals surface area contributed by atoms with Crippen LogP contribution in [0.3, 0.4) is 0 Å². The Labute approximate surface area is 106 Å². The second-order valence-electron chi connectivity index (χ2n) is 4.50. The highest BCUT2D eigenvalue weighted by atomic mass is 19.1. The molecule has 0 fully saturated rings. The lowest BCUT2D eigenvalue weighted by Crippen LogP contribution is -2.19. The highest BCUT2D eigenvalue weighted by Crippen LogP contribution is 2.21. The fraction of sp³-hybridized carbons (Fsp3) is 0.357. The van der Waals surface area contributed by atoms with Gasteiger partial charge in [-0.25, -0.2) is 9.37 Å². The van der Waals surface area contributed by atoms with Crippen molar-refractivity contribution in [3.63, 3.8) is 0 Å². The largest absolute Gasteiger partial charge is 0.328 e. The number of rotatable bonds is 4. The number of halogens is 1. The lowest BCUT2D eigenvalue weighted by Gasteiger charge is -2.15. The molecule has 1 heterocycles. The molecule has 96 valence electrons. The molecule has 0 saturated heterocycles. The van der Waals surface area contributed by atoms with Gasteiger partial charge in [0.15, 0.2) is 0 Å². The van der Waals surface area contributed by atoms with Crippen molar-refractivity contribution >= 4 is 0 Å². The molecule has 1 atom stereocenters. The van der Waals surface area contributed by atoms with Gasteiger partial charge in [0.2, 0.25) is 0 Å². The van der Waals surface area contributed by atoms with Gasteiger partial charge in [-0.3, -0.25) is 0 Å². The second kappa shape index (κ2) is 5.31. The van der Waals surface area contributed by atoms with Gasteiger partial charge in [-0.1, -0.05) is 19.1 Å². The van der Waals surface area contributed by atoms with Gasteiger partial charge in [-0.15, -0.1) is 0 Å². The van der Waals surface area contributed by atoms with Gasteiger partial charge in [0.1, 0.15) is 11.6 Å². The number of benzene rings is 1. The summed E-state index contributed by atoms with van der Waals surface area (Å²) in [6.07, 6.45) is 4.90. The first-order valence-electron chi connectivity index (χ1n) is 6.19. The maximum atomic E-state index is 14.1. The summed E-state index contributed by atoms with van der Waals surface area (Å²) in [5, 5.41) is 0. The van der Waals surface area contributed by atoms with Crippen LogP contribution in [-0.2, 0) is 12.8 Å². The maximum Gasteiger partial charge on any atom is 0.147 e. The van der Waals surface area contributed by atoms with Crippen LogP contribution in [0.25, 0.3) is 5.69 Å². The topological polar surface area (TPSA) is 43.8 Å². The Morgan fingerprint density at radius 2 is 2.22 bits per heavy atom. The molecular weight excluding hydrogens is 229 g/mol. The fourth-order valence-electron chi connectivity index (χ4n) is 2.14. The van der Waals surface area contributed by atoms with Crippen LogP contribution in [0.1, 0.15) is 25.2 Å². The van der Waals surface area contributed by atoms with Crippen molar-refractivity contribution in [2.45, 2.75) is 32.7 Å². The molecule has 1 aromatic heterocycles. The molecule has 1 unspecified atom stereocenters. The van der Waals surface area contributed by atoms with Crippen LogP contribution in [0.15, 0.2) is 30.6 Å². The van der Waals surface area contributed by atoms with Crippen LogP contribution in [0.5, 0.6) is 0 Å². The van der Waals surface area contributed by atoms with Crippen molar-refractivity contribution in [2.75, 3.05) is 0 Å². The number of nitrogens with two attached hydrogens (primary N) is 1. The zero-order valence-corrected chi connectivity index (χ0v) is 10.7. The molecule has 2 N–H and O–H groups in total. The summed E-state index contributed by atoms with van der Waals surface area (Å²) in [7, 11) is 0. The summed E-state index contributed by atoms with van der Waals surface area (Å²) in [4.78, 5) is 4.24. The first-order valence-corrected chi connectivity index (χ1v) is 6.19. The highest BCUT2D eigenvalue weighted by molar-refractivity contribution is 5.44. The van der Waals surface area contributed by atoms with Crippen LogP contribution >= 0.6 is 0 Å². The van der Waals surface area contributed by atoms with E-state index in [1.165, 1.54) is 6.07 Å². The fourth-order valence-corrected chi connectivity index (χ4v) is 2.14. The van der Waals surface area contributed by atoms with Crippen LogP contribution < -0.4 is 5.73 Å². The molecule has 0 aliphatic heterocycles. The number of para-hydroxylation sites is 1. The third kappa shape index (κ3) is 2.43. The molecular formula is C14H18FN3. The molecule has 0 spiro atoms. The number of hydrogen-bond donors (Lipinski definition) is 1. The molecule has 2 aromatic rings. The zero-order chi connectivity index (χ0) is 13.1. The van der Waals surface area contributed by atoms with Crippen molar-refractivity contribution in [1.82, 2.24) is 9.55 Å². The number of aromatic nitrogens is 2. The van der Waals surface area contributed by atoms with E-state index in [0.717, 1.165) is 17.8 Å². The van der Waals surface area contributed by atoms with Crippen LogP contribution in [0.4, 0.5) is 4.39 Å². The number of nitrogens with zero attached hydrogens (tertiary/aromatic N) is 2. The number of aryl methyl sites for hydroxylation is 1. The Bertz CT molecular complexity index is 532. The van der Waals surface area contributed by atoms with Crippen LogP contribution in [0.2, 0.25) is 0 Å². The van der Waals surface area contributed by atoms with E-state index in [-0.39, 0.29) is 11.9 Å². The van der Waals surface area contributed by atoms with Crippen molar-refractivity contribution in [3.05, 3.63) is 47.8 Å². The van der Waals surface area contributed by atoms with E-state index < -0.39 is 0 Å². The van der Waals surface area contributed by atoms with E-state index in [1.807, 2.05) is 24.5 Å². The first kappa shape index (κ1) is 12.8. The Morgan fingerprint density at radius 1 is 1.44 bits per heavy atom. The van der Waals surface area contributed by atoms with Crippen molar-refractivity contribution < 1.29 is 4.39 Å². The average molecular weight is 247 g/mol. The van der Waals surface area contributed by atoms with Crippen molar-refractivity contribution in [1.29, 1.82) is 0 Å². The zero-order valence-electron chi connectivity index (χ0n) is 10.7. The van der Waals surface area contributed by atoms with Gasteiger partial charge < -0.3 is 10.3 Å². The van der Waals surface area contributed by atoms with E-state index >= 15 is 0 Å². The summed E-state index contributed by atoms with van der Waals surface area (Å²) in [6.45, 7) is 3.92. The molecule has 1 aromatic carbocycles. The lowest BCUT2D eigenvalue weighted by atomic mass is 10.0. The predicted octanol–water partition coefficient (Wildman–Crippen LogP) is 2.46. The van der Waals surface area contributed by atoms with E-state index in [1.54, 1.807) is 18.5 Å². The summed E-state index contributed by atoms with van der Waals surface area (Å²) < 4.78 is 15.9. The minimum atomic E-state index is -0.235. The monoisotopic (exact) mass is 247 g/mol. The van der Waals surface area contributed by atoms with Crippen LogP contribution in [0, 0.1) is 5.82 Å². The average Bonchev–Trinajstić information content (AvgIpc) is 2.76. The van der Waals surface area contributed by atoms with Gasteiger partial charge in [-0.05, 0) is 25.0 Å². The van der Waals surface area contributed by atoms with Crippen LogP contribution in [-0.4, -0.2) is 15.6 Å². The van der Waals surface area contributed by atoms with Gasteiger partial charge >= 0.3 is 0 Å². The van der Waals surface area contributed by atoms with Crippen molar-refractivity contribution in [2.24, 2.45) is 5.73 Å². The second-order valence-corrected chi connectivity index (χ2v) is 4.50. The summed E-state index contributed by atoms with van der Waals surface area (Å²) in [5.41, 5.74) is 7.31. The standard InChI is InChI=1S/C14H18FN3/c1-3-13-17-7-8-18(13)14-11(9-10(2)16)5-4-6-12(14)15/h4-8,10H,3,9,16H2,1-2H3. The third-order valence-corrected chi connectivity index (χ3v) is 2.89. The number of imidazole rings is 1. The highest BCUT2D eigenvalue weighted by Gasteiger charge is 2.14. The number of hydrogen-bond acceptors (Lipinski definition) is 2. The van der Waals surface area contributed by atoms with Gasteiger partial charge in [0.25, 0.3) is 0 Å². The van der Waals surface area contributed by atoms with E-state index in [4.69, 9.17) is 5.73 Å². The van der Waals surface area contributed by atoms with E-state index in [0.29, 0.717) is 12.1 Å². The summed E-state index contributed by atoms with van der Waals surface area (Å²) in [5.74, 6) is 0.617. The minimum Gasteiger partial charge on any atom is -0.328 e. The minimum absolute atomic E-state index is 0.000789. The molecule has 0 bridgehead atoms. The Hall–Kier alpha value is -1.68. The Balaban J connectivity index is 2.55. The molecule has 18 heavy (non-hydrogen) atoms. The molecule has 0 aliphatic rings. The van der Waals surface area contributed by atoms with Crippen molar-refractivity contribution in [3.8, 4) is 5.69 Å². The molecule has 0 aliphatic carbocycles. The van der Waals surface area contributed by atoms with Gasteiger partial charge in [0.05, 0.1) is 5.69 Å². The van der Waals surface area contributed by atoms with E-state index in [9.17, 15) is 4.39 Å². The first-order chi connectivity index (χ1) is 8.63. The molecule has 0 radical (unpaired) electrons. The Morgan fingerprint density at radius 3 is 2.89 bits per heavy atom. The maximum absolute atomic E-state index is 14.1. The summed E-state index contributed by atoms with van der Waals surface area (Å²) >= 11 is 0. The smallest absolute Gasteiger partial charge is 0.147 e. The normalized spacial score (nSPS) is 12.7. The third-order valence-electron chi connectivity index (χ3n) is 2.89. The molecule has 0 saturated carbocycles. The predicted molar refractivity (Wildman–Crippen MR) is 70.3 cm³/mol. The molecule has 3 nitrogen and oxygen atoms in total. The molecule has 2 rings (SSSR count). The van der Waals surface area contributed by atoms with E-state index in [2.05, 4.69) is 4.98 Å². The van der Waals surface area contributed by atoms with Gasteiger partial charge in [-0.2, -0.15) is 0 Å². The Kier molecular flexibility index (Phi) is 3.77. The summed E-state index contributed by atoms with van der Waals surface area (Å²) in [6, 6.07) is 5.11. The van der Waals surface area contributed by atoms with Gasteiger partial charge in [0, 0.05) is 24.9 Å². The SMILES string of the molecule is CCc1nccn1-c1c(F)cccc1CC(C)N. The molecule has 4 heteroatoms.